The number of halogens is 2. The first kappa shape index (κ1) is 12.4. The fourth-order valence-electron chi connectivity index (χ4n) is 1.46. The van der Waals surface area contributed by atoms with E-state index in [9.17, 15) is 4.39 Å². The van der Waals surface area contributed by atoms with Crippen LogP contribution in [0.15, 0.2) is 42.5 Å². The summed E-state index contributed by atoms with van der Waals surface area (Å²) in [6, 6.07) is 12.9. The standard InChI is InChI=1S/C14H9ClFNO/c15-12-3-6-14(11(7-12)8-17)18-9-10-1-4-13(16)5-2-10/h1-7H,9H2. The van der Waals surface area contributed by atoms with Gasteiger partial charge in [-0.1, -0.05) is 23.7 Å². The first-order valence-electron chi connectivity index (χ1n) is 5.26. The Kier molecular flexibility index (Phi) is 3.81. The third-order valence-corrected chi connectivity index (χ3v) is 2.60. The molecule has 0 radical (unpaired) electrons. The Morgan fingerprint density at radius 2 is 1.89 bits per heavy atom. The van der Waals surface area contributed by atoms with E-state index in [0.717, 1.165) is 5.56 Å². The molecule has 2 nitrogen and oxygen atoms in total. The number of hydrogen-bond donors (Lipinski definition) is 0. The average molecular weight is 262 g/mol. The Labute approximate surface area is 109 Å². The van der Waals surface area contributed by atoms with Crippen LogP contribution >= 0.6 is 11.6 Å². The van der Waals surface area contributed by atoms with Crippen LogP contribution in [0, 0.1) is 17.1 Å². The van der Waals surface area contributed by atoms with E-state index in [-0.39, 0.29) is 12.4 Å². The van der Waals surface area contributed by atoms with E-state index < -0.39 is 0 Å². The van der Waals surface area contributed by atoms with Crippen molar-refractivity contribution in [1.82, 2.24) is 0 Å². The van der Waals surface area contributed by atoms with Crippen LogP contribution in [0.5, 0.6) is 5.75 Å². The summed E-state index contributed by atoms with van der Waals surface area (Å²) in [6.07, 6.45) is 0. The Bertz CT molecular complexity index is 590. The first-order chi connectivity index (χ1) is 8.69. The number of rotatable bonds is 3. The lowest BCUT2D eigenvalue weighted by Gasteiger charge is -2.08. The summed E-state index contributed by atoms with van der Waals surface area (Å²) in [5.41, 5.74) is 1.21. The molecule has 0 saturated heterocycles. The van der Waals surface area contributed by atoms with Crippen molar-refractivity contribution in [2.24, 2.45) is 0 Å². The second-order valence-electron chi connectivity index (χ2n) is 3.67. The molecule has 90 valence electrons. The van der Waals surface area contributed by atoms with Gasteiger partial charge in [0.2, 0.25) is 0 Å². The predicted molar refractivity (Wildman–Crippen MR) is 66.9 cm³/mol. The lowest BCUT2D eigenvalue weighted by molar-refractivity contribution is 0.305. The van der Waals surface area contributed by atoms with E-state index in [1.165, 1.54) is 12.1 Å². The van der Waals surface area contributed by atoms with E-state index in [2.05, 4.69) is 0 Å². The highest BCUT2D eigenvalue weighted by Gasteiger charge is 2.04. The zero-order valence-corrected chi connectivity index (χ0v) is 10.1. The Balaban J connectivity index is 2.11. The molecular formula is C14H9ClFNO. The van der Waals surface area contributed by atoms with Gasteiger partial charge in [-0.2, -0.15) is 5.26 Å². The lowest BCUT2D eigenvalue weighted by atomic mass is 10.2. The topological polar surface area (TPSA) is 33.0 Å². The van der Waals surface area contributed by atoms with Gasteiger partial charge in [-0.05, 0) is 35.9 Å². The molecule has 2 aromatic carbocycles. The lowest BCUT2D eigenvalue weighted by Crippen LogP contribution is -1.97. The zero-order valence-electron chi connectivity index (χ0n) is 9.36. The van der Waals surface area contributed by atoms with Gasteiger partial charge in [0.25, 0.3) is 0 Å². The van der Waals surface area contributed by atoms with Crippen LogP contribution < -0.4 is 4.74 Å². The van der Waals surface area contributed by atoms with Crippen LogP contribution in [-0.4, -0.2) is 0 Å². The highest BCUT2D eigenvalue weighted by Crippen LogP contribution is 2.23. The second kappa shape index (κ2) is 5.52. The molecule has 0 amide bonds. The largest absolute Gasteiger partial charge is 0.488 e. The highest BCUT2D eigenvalue weighted by atomic mass is 35.5. The van der Waals surface area contributed by atoms with Crippen LogP contribution in [-0.2, 0) is 6.61 Å². The van der Waals surface area contributed by atoms with Gasteiger partial charge in [-0.3, -0.25) is 0 Å². The minimum Gasteiger partial charge on any atom is -0.488 e. The third-order valence-electron chi connectivity index (χ3n) is 2.37. The summed E-state index contributed by atoms with van der Waals surface area (Å²) < 4.78 is 18.2. The van der Waals surface area contributed by atoms with Gasteiger partial charge in [0.1, 0.15) is 24.2 Å². The Morgan fingerprint density at radius 1 is 1.17 bits per heavy atom. The van der Waals surface area contributed by atoms with Crippen molar-refractivity contribution >= 4 is 11.6 Å². The second-order valence-corrected chi connectivity index (χ2v) is 4.10. The Hall–Kier alpha value is -2.05. The highest BCUT2D eigenvalue weighted by molar-refractivity contribution is 6.30. The van der Waals surface area contributed by atoms with Gasteiger partial charge in [0, 0.05) is 5.02 Å². The minimum atomic E-state index is -0.289. The predicted octanol–water partition coefficient (Wildman–Crippen LogP) is 3.93. The van der Waals surface area contributed by atoms with Gasteiger partial charge in [0.15, 0.2) is 0 Å². The summed E-state index contributed by atoms with van der Waals surface area (Å²) in [4.78, 5) is 0. The molecule has 4 heteroatoms. The summed E-state index contributed by atoms with van der Waals surface area (Å²) in [6.45, 7) is 0.274. The summed E-state index contributed by atoms with van der Waals surface area (Å²) in [5.74, 6) is 0.175. The van der Waals surface area contributed by atoms with Crippen LogP contribution in [0.3, 0.4) is 0 Å². The van der Waals surface area contributed by atoms with E-state index in [4.69, 9.17) is 21.6 Å². The normalized spacial score (nSPS) is 9.83. The third kappa shape index (κ3) is 2.99. The number of ether oxygens (including phenoxy) is 1. The molecule has 0 aliphatic rings. The van der Waals surface area contributed by atoms with Crippen molar-refractivity contribution in [3.8, 4) is 11.8 Å². The van der Waals surface area contributed by atoms with Gasteiger partial charge in [0.05, 0.1) is 5.56 Å². The van der Waals surface area contributed by atoms with Gasteiger partial charge in [-0.25, -0.2) is 4.39 Å². The maximum absolute atomic E-state index is 12.7. The molecule has 0 spiro atoms. The van der Waals surface area contributed by atoms with Gasteiger partial charge < -0.3 is 4.74 Å². The van der Waals surface area contributed by atoms with Crippen molar-refractivity contribution in [3.05, 3.63) is 64.4 Å². The maximum atomic E-state index is 12.7. The molecule has 2 rings (SSSR count). The maximum Gasteiger partial charge on any atom is 0.137 e. The number of nitrogens with zero attached hydrogens (tertiary/aromatic N) is 1. The molecule has 18 heavy (non-hydrogen) atoms. The fourth-order valence-corrected chi connectivity index (χ4v) is 1.63. The van der Waals surface area contributed by atoms with Crippen molar-refractivity contribution in [2.75, 3.05) is 0 Å². The molecule has 0 N–H and O–H groups in total. The van der Waals surface area contributed by atoms with E-state index >= 15 is 0 Å². The molecule has 0 saturated carbocycles. The Morgan fingerprint density at radius 3 is 2.56 bits per heavy atom. The number of benzene rings is 2. The average Bonchev–Trinajstić information content (AvgIpc) is 2.39. The summed E-state index contributed by atoms with van der Waals surface area (Å²) in [7, 11) is 0. The number of nitriles is 1. The molecular weight excluding hydrogens is 253 g/mol. The first-order valence-corrected chi connectivity index (χ1v) is 5.64. The smallest absolute Gasteiger partial charge is 0.137 e. The van der Waals surface area contributed by atoms with Crippen molar-refractivity contribution in [3.63, 3.8) is 0 Å². The van der Waals surface area contributed by atoms with Crippen LogP contribution in [0.25, 0.3) is 0 Å². The molecule has 0 heterocycles. The molecule has 0 unspecified atom stereocenters. The molecule has 2 aromatic rings. The molecule has 0 aromatic heterocycles. The van der Waals surface area contributed by atoms with E-state index in [1.54, 1.807) is 30.3 Å². The minimum absolute atomic E-state index is 0.274. The van der Waals surface area contributed by atoms with Gasteiger partial charge in [-0.15, -0.1) is 0 Å². The van der Waals surface area contributed by atoms with Crippen LogP contribution in [0.1, 0.15) is 11.1 Å². The van der Waals surface area contributed by atoms with Crippen LogP contribution in [0.4, 0.5) is 4.39 Å². The van der Waals surface area contributed by atoms with E-state index in [1.807, 2.05) is 6.07 Å². The van der Waals surface area contributed by atoms with Crippen molar-refractivity contribution in [2.45, 2.75) is 6.61 Å². The summed E-state index contributed by atoms with van der Waals surface area (Å²) in [5, 5.41) is 9.42. The van der Waals surface area contributed by atoms with E-state index in [0.29, 0.717) is 16.3 Å². The SMILES string of the molecule is N#Cc1cc(Cl)ccc1OCc1ccc(F)cc1. The van der Waals surface area contributed by atoms with Crippen molar-refractivity contribution < 1.29 is 9.13 Å². The quantitative estimate of drug-likeness (QED) is 0.839. The van der Waals surface area contributed by atoms with Gasteiger partial charge >= 0.3 is 0 Å². The number of hydrogen-bond acceptors (Lipinski definition) is 2. The molecule has 0 aliphatic heterocycles. The van der Waals surface area contributed by atoms with Crippen molar-refractivity contribution in [1.29, 1.82) is 5.26 Å². The molecule has 0 aliphatic carbocycles. The monoisotopic (exact) mass is 261 g/mol. The molecule has 0 atom stereocenters. The molecule has 0 fully saturated rings. The summed E-state index contributed by atoms with van der Waals surface area (Å²) >= 11 is 5.78. The zero-order chi connectivity index (χ0) is 13.0. The van der Waals surface area contributed by atoms with Crippen LogP contribution in [0.2, 0.25) is 5.02 Å². The fraction of sp³-hybridized carbons (Fsp3) is 0.0714. The molecule has 0 bridgehead atoms.